The quantitative estimate of drug-likeness (QED) is 0.0599. The first kappa shape index (κ1) is 40.2. The van der Waals surface area contributed by atoms with Gasteiger partial charge in [-0.15, -0.1) is 0 Å². The number of aromatic nitrogens is 2. The van der Waals surface area contributed by atoms with Gasteiger partial charge in [-0.2, -0.15) is 0 Å². The first-order chi connectivity index (χ1) is 21.2. The Hall–Kier alpha value is -0.790. The Bertz CT molecular complexity index is 677. The summed E-state index contributed by atoms with van der Waals surface area (Å²) in [6.07, 6.45) is 49.0. The van der Waals surface area contributed by atoms with Crippen LogP contribution in [0.25, 0.3) is 0 Å². The number of nitrogens with zero attached hydrogens (tertiary/aromatic N) is 1. The highest BCUT2D eigenvalue weighted by Crippen LogP contribution is 2.18. The van der Waals surface area contributed by atoms with Crippen LogP contribution >= 0.6 is 0 Å². The maximum atomic E-state index is 3.77. The highest BCUT2D eigenvalue weighted by Gasteiger charge is 2.22. The third kappa shape index (κ3) is 23.2. The largest absolute Gasteiger partial charge is 0.254 e. The standard InChI is InChI=1S/C41H80N2/c1-5-8-11-14-17-20-22-23-24-26-29-32-35-39(4)43-40(36-33-30-27-25-21-18-15-12-9-6-2)38-42-41(43)37-34-31-28-19-16-13-10-7-3/h38-39H,5-37H2,1-4H3/p+1. The molecule has 0 saturated heterocycles. The molecule has 43 heavy (non-hydrogen) atoms. The summed E-state index contributed by atoms with van der Waals surface area (Å²) in [5.41, 5.74) is 1.58. The van der Waals surface area contributed by atoms with Crippen molar-refractivity contribution in [2.45, 2.75) is 246 Å². The van der Waals surface area contributed by atoms with Crippen LogP contribution in [0, 0.1) is 0 Å². The van der Waals surface area contributed by atoms with E-state index in [0.717, 1.165) is 0 Å². The van der Waals surface area contributed by atoms with Gasteiger partial charge in [-0.1, -0.05) is 194 Å². The monoisotopic (exact) mass is 602 g/mol. The minimum Gasteiger partial charge on any atom is -0.247 e. The average molecular weight is 602 g/mol. The molecule has 0 amide bonds. The topological polar surface area (TPSA) is 19.7 Å². The normalized spacial score (nSPS) is 12.4. The molecule has 254 valence electrons. The minimum absolute atomic E-state index is 0.636. The highest BCUT2D eigenvalue weighted by molar-refractivity contribution is 4.93. The molecule has 1 aromatic rings. The Labute approximate surface area is 272 Å². The van der Waals surface area contributed by atoms with E-state index in [1.54, 1.807) is 5.69 Å². The van der Waals surface area contributed by atoms with Crippen LogP contribution in [-0.4, -0.2) is 4.98 Å². The van der Waals surface area contributed by atoms with Gasteiger partial charge in [0.1, 0.15) is 11.9 Å². The summed E-state index contributed by atoms with van der Waals surface area (Å²) in [5.74, 6) is 1.51. The van der Waals surface area contributed by atoms with Gasteiger partial charge in [-0.05, 0) is 32.6 Å². The van der Waals surface area contributed by atoms with Gasteiger partial charge < -0.3 is 0 Å². The fourth-order valence-corrected chi connectivity index (χ4v) is 7.04. The van der Waals surface area contributed by atoms with E-state index in [1.165, 1.54) is 218 Å². The number of H-pyrrole nitrogens is 1. The maximum Gasteiger partial charge on any atom is 0.254 e. The van der Waals surface area contributed by atoms with Gasteiger partial charge in [0, 0.05) is 12.8 Å². The van der Waals surface area contributed by atoms with Crippen molar-refractivity contribution in [1.29, 1.82) is 0 Å². The number of imidazole rings is 1. The van der Waals surface area contributed by atoms with Gasteiger partial charge in [0.05, 0.1) is 6.04 Å². The van der Waals surface area contributed by atoms with Gasteiger partial charge in [0.2, 0.25) is 0 Å². The molecule has 0 fully saturated rings. The van der Waals surface area contributed by atoms with E-state index in [4.69, 9.17) is 0 Å². The minimum atomic E-state index is 0.636. The van der Waals surface area contributed by atoms with Crippen molar-refractivity contribution in [1.82, 2.24) is 4.98 Å². The van der Waals surface area contributed by atoms with E-state index < -0.39 is 0 Å². The third-order valence-electron chi connectivity index (χ3n) is 9.98. The number of nitrogens with one attached hydrogen (secondary N) is 1. The van der Waals surface area contributed by atoms with Crippen LogP contribution in [0.2, 0.25) is 0 Å². The molecule has 1 N–H and O–H groups in total. The molecule has 0 aliphatic carbocycles. The second-order valence-electron chi connectivity index (χ2n) is 14.3. The van der Waals surface area contributed by atoms with Gasteiger partial charge in [0.15, 0.2) is 0 Å². The lowest BCUT2D eigenvalue weighted by Gasteiger charge is -2.14. The SMILES string of the molecule is CCCCCCCCCCCCCCC(C)[n+]1c(CCCCCCCCCCCC)c[nH]c1CCCCCCCCCC. The van der Waals surface area contributed by atoms with E-state index in [-0.39, 0.29) is 0 Å². The summed E-state index contributed by atoms with van der Waals surface area (Å²) >= 11 is 0. The molecule has 2 nitrogen and oxygen atoms in total. The van der Waals surface area contributed by atoms with Gasteiger partial charge >= 0.3 is 0 Å². The molecule has 0 aliphatic rings. The maximum absolute atomic E-state index is 3.77. The predicted octanol–water partition coefficient (Wildman–Crippen LogP) is 14.1. The lowest BCUT2D eigenvalue weighted by atomic mass is 10.0. The van der Waals surface area contributed by atoms with Gasteiger partial charge in [-0.3, -0.25) is 0 Å². The van der Waals surface area contributed by atoms with E-state index in [0.29, 0.717) is 6.04 Å². The molecule has 1 aromatic heterocycles. The van der Waals surface area contributed by atoms with Crippen molar-refractivity contribution >= 4 is 0 Å². The summed E-state index contributed by atoms with van der Waals surface area (Å²) < 4.78 is 2.76. The molecule has 0 bridgehead atoms. The van der Waals surface area contributed by atoms with Crippen molar-refractivity contribution in [3.8, 4) is 0 Å². The first-order valence-electron chi connectivity index (χ1n) is 20.3. The number of aromatic amines is 1. The summed E-state index contributed by atoms with van der Waals surface area (Å²) in [7, 11) is 0. The molecular formula is C41H81N2+. The number of hydrogen-bond donors (Lipinski definition) is 1. The van der Waals surface area contributed by atoms with Crippen molar-refractivity contribution in [3.05, 3.63) is 17.7 Å². The molecule has 0 saturated carbocycles. The van der Waals surface area contributed by atoms with Crippen LogP contribution in [-0.2, 0) is 12.8 Å². The molecule has 0 radical (unpaired) electrons. The van der Waals surface area contributed by atoms with E-state index in [2.05, 4.69) is 43.4 Å². The van der Waals surface area contributed by atoms with Crippen molar-refractivity contribution < 1.29 is 4.57 Å². The molecule has 0 aromatic carbocycles. The van der Waals surface area contributed by atoms with Crippen LogP contribution in [0.5, 0.6) is 0 Å². The van der Waals surface area contributed by atoms with Crippen molar-refractivity contribution in [3.63, 3.8) is 0 Å². The van der Waals surface area contributed by atoms with Crippen molar-refractivity contribution in [2.24, 2.45) is 0 Å². The highest BCUT2D eigenvalue weighted by atomic mass is 15.1. The van der Waals surface area contributed by atoms with E-state index in [9.17, 15) is 0 Å². The van der Waals surface area contributed by atoms with Crippen LogP contribution < -0.4 is 4.57 Å². The van der Waals surface area contributed by atoms with Crippen LogP contribution in [0.1, 0.15) is 244 Å². The molecule has 1 rings (SSSR count). The first-order valence-corrected chi connectivity index (χ1v) is 20.3. The zero-order valence-corrected chi connectivity index (χ0v) is 30.4. The molecule has 2 heteroatoms. The van der Waals surface area contributed by atoms with E-state index in [1.807, 2.05) is 0 Å². The fraction of sp³-hybridized carbons (Fsp3) is 0.927. The Balaban J connectivity index is 2.38. The number of rotatable bonds is 34. The lowest BCUT2D eigenvalue weighted by Crippen LogP contribution is -2.44. The van der Waals surface area contributed by atoms with Crippen molar-refractivity contribution in [2.75, 3.05) is 0 Å². The number of unbranched alkanes of at least 4 members (excludes halogenated alkanes) is 27. The van der Waals surface area contributed by atoms with Crippen LogP contribution in [0.15, 0.2) is 6.20 Å². The Morgan fingerprint density at radius 1 is 0.442 bits per heavy atom. The smallest absolute Gasteiger partial charge is 0.247 e. The summed E-state index contributed by atoms with van der Waals surface area (Å²) in [4.78, 5) is 3.77. The third-order valence-corrected chi connectivity index (χ3v) is 9.98. The van der Waals surface area contributed by atoms with Gasteiger partial charge in [0.25, 0.3) is 5.82 Å². The molecule has 1 heterocycles. The zero-order valence-electron chi connectivity index (χ0n) is 30.4. The molecular weight excluding hydrogens is 520 g/mol. The second kappa shape index (κ2) is 31.2. The zero-order chi connectivity index (χ0) is 31.1. The summed E-state index contributed by atoms with van der Waals surface area (Å²) in [6, 6.07) is 0.636. The van der Waals surface area contributed by atoms with E-state index >= 15 is 0 Å². The summed E-state index contributed by atoms with van der Waals surface area (Å²) in [6.45, 7) is 9.45. The Morgan fingerprint density at radius 2 is 0.767 bits per heavy atom. The lowest BCUT2D eigenvalue weighted by molar-refractivity contribution is -0.732. The number of hydrogen-bond acceptors (Lipinski definition) is 0. The number of aryl methyl sites for hydroxylation is 2. The molecule has 0 spiro atoms. The molecule has 1 atom stereocenters. The Morgan fingerprint density at radius 3 is 1.16 bits per heavy atom. The molecule has 0 aliphatic heterocycles. The summed E-state index contributed by atoms with van der Waals surface area (Å²) in [5, 5.41) is 0. The average Bonchev–Trinajstić information content (AvgIpc) is 3.42. The van der Waals surface area contributed by atoms with Gasteiger partial charge in [-0.25, -0.2) is 9.55 Å². The Kier molecular flexibility index (Phi) is 29.2. The second-order valence-corrected chi connectivity index (χ2v) is 14.3. The fourth-order valence-electron chi connectivity index (χ4n) is 7.04. The van der Waals surface area contributed by atoms with Crippen LogP contribution in [0.3, 0.4) is 0 Å². The predicted molar refractivity (Wildman–Crippen MR) is 193 cm³/mol. The molecule has 1 unspecified atom stereocenters. The van der Waals surface area contributed by atoms with Crippen LogP contribution in [0.4, 0.5) is 0 Å².